The van der Waals surface area contributed by atoms with Gasteiger partial charge in [-0.15, -0.1) is 11.8 Å². The fraction of sp³-hybridized carbons (Fsp3) is 0.318. The van der Waals surface area contributed by atoms with E-state index in [4.69, 9.17) is 10.00 Å². The van der Waals surface area contributed by atoms with Crippen LogP contribution < -0.4 is 4.90 Å². The summed E-state index contributed by atoms with van der Waals surface area (Å²) in [5.41, 5.74) is 3.85. The van der Waals surface area contributed by atoms with E-state index in [9.17, 15) is 9.59 Å². The van der Waals surface area contributed by atoms with Gasteiger partial charge < -0.3 is 9.64 Å². The summed E-state index contributed by atoms with van der Waals surface area (Å²) in [7, 11) is 0. The first-order valence-corrected chi connectivity index (χ1v) is 9.99. The molecule has 0 fully saturated rings. The highest BCUT2D eigenvalue weighted by atomic mass is 32.2. The average molecular weight is 397 g/mol. The summed E-state index contributed by atoms with van der Waals surface area (Å²) >= 11 is 1.39. The van der Waals surface area contributed by atoms with Crippen molar-refractivity contribution < 1.29 is 14.3 Å². The molecule has 0 N–H and O–H groups in total. The monoisotopic (exact) mass is 396 g/mol. The highest BCUT2D eigenvalue weighted by Gasteiger charge is 2.18. The zero-order valence-electron chi connectivity index (χ0n) is 16.4. The third-order valence-corrected chi connectivity index (χ3v) is 5.21. The van der Waals surface area contributed by atoms with Crippen LogP contribution in [0.5, 0.6) is 0 Å². The minimum absolute atomic E-state index is 0.139. The number of anilines is 1. The van der Waals surface area contributed by atoms with Crippen LogP contribution in [0.1, 0.15) is 23.1 Å². The first kappa shape index (κ1) is 21.5. The first-order valence-electron chi connectivity index (χ1n) is 9.00. The first-order chi connectivity index (χ1) is 13.4. The molecule has 2 aromatic carbocycles. The summed E-state index contributed by atoms with van der Waals surface area (Å²) in [6, 6.07) is 15.6. The standard InChI is InChI=1S/C22H24N2O3S/c1-16-11-17(2)13-19(12-16)24(10-6-9-23)21(25)14-27-22(26)15-28-20-8-5-4-7-18(20)3/h4-5,7-8,11-13H,6,10,14-15H2,1-3H3. The molecule has 2 aromatic rings. The molecular weight excluding hydrogens is 372 g/mol. The van der Waals surface area contributed by atoms with Gasteiger partial charge in [-0.25, -0.2) is 0 Å². The van der Waals surface area contributed by atoms with Gasteiger partial charge in [0.15, 0.2) is 6.61 Å². The van der Waals surface area contributed by atoms with E-state index in [2.05, 4.69) is 6.07 Å². The molecule has 0 atom stereocenters. The lowest BCUT2D eigenvalue weighted by molar-refractivity contribution is -0.145. The van der Waals surface area contributed by atoms with Crippen LogP contribution in [-0.2, 0) is 14.3 Å². The molecule has 0 bridgehead atoms. The van der Waals surface area contributed by atoms with Gasteiger partial charge in [0, 0.05) is 17.1 Å². The lowest BCUT2D eigenvalue weighted by atomic mass is 10.1. The number of hydrogen-bond donors (Lipinski definition) is 0. The van der Waals surface area contributed by atoms with Crippen molar-refractivity contribution in [3.63, 3.8) is 0 Å². The Morgan fingerprint density at radius 3 is 2.43 bits per heavy atom. The highest BCUT2D eigenvalue weighted by Crippen LogP contribution is 2.22. The predicted octanol–water partition coefficient (Wildman–Crippen LogP) is 4.19. The zero-order chi connectivity index (χ0) is 20.5. The number of rotatable bonds is 8. The third kappa shape index (κ3) is 6.43. The molecule has 0 aliphatic heterocycles. The summed E-state index contributed by atoms with van der Waals surface area (Å²) in [5, 5.41) is 8.90. The van der Waals surface area contributed by atoms with Gasteiger partial charge in [0.1, 0.15) is 0 Å². The third-order valence-electron chi connectivity index (χ3n) is 4.06. The van der Waals surface area contributed by atoms with Gasteiger partial charge in [-0.1, -0.05) is 24.3 Å². The largest absolute Gasteiger partial charge is 0.455 e. The SMILES string of the molecule is Cc1cc(C)cc(N(CCC#N)C(=O)COC(=O)CSc2ccccc2C)c1. The number of ether oxygens (including phenoxy) is 1. The average Bonchev–Trinajstić information content (AvgIpc) is 2.65. The number of nitriles is 1. The van der Waals surface area contributed by atoms with Crippen LogP contribution >= 0.6 is 11.8 Å². The zero-order valence-corrected chi connectivity index (χ0v) is 17.2. The summed E-state index contributed by atoms with van der Waals surface area (Å²) in [6.45, 7) is 5.80. The Labute approximate surface area is 170 Å². The van der Waals surface area contributed by atoms with Gasteiger partial charge in [-0.05, 0) is 55.7 Å². The second-order valence-electron chi connectivity index (χ2n) is 6.51. The van der Waals surface area contributed by atoms with Crippen molar-refractivity contribution in [2.24, 2.45) is 0 Å². The van der Waals surface area contributed by atoms with Crippen LogP contribution in [0.2, 0.25) is 0 Å². The van der Waals surface area contributed by atoms with Gasteiger partial charge in [-0.3, -0.25) is 9.59 Å². The van der Waals surface area contributed by atoms with Gasteiger partial charge >= 0.3 is 5.97 Å². The van der Waals surface area contributed by atoms with Crippen molar-refractivity contribution in [2.75, 3.05) is 23.8 Å². The molecule has 0 aliphatic carbocycles. The maximum Gasteiger partial charge on any atom is 0.316 e. The van der Waals surface area contributed by atoms with Gasteiger partial charge in [0.2, 0.25) is 0 Å². The molecule has 2 rings (SSSR count). The van der Waals surface area contributed by atoms with E-state index in [1.54, 1.807) is 0 Å². The molecule has 0 spiro atoms. The number of thioether (sulfide) groups is 1. The van der Waals surface area contributed by atoms with Crippen molar-refractivity contribution in [3.8, 4) is 6.07 Å². The van der Waals surface area contributed by atoms with E-state index in [1.807, 2.05) is 63.2 Å². The van der Waals surface area contributed by atoms with Gasteiger partial charge in [-0.2, -0.15) is 5.26 Å². The predicted molar refractivity (Wildman–Crippen MR) is 111 cm³/mol. The molecular formula is C22H24N2O3S. The molecule has 146 valence electrons. The van der Waals surface area contributed by atoms with E-state index >= 15 is 0 Å². The van der Waals surface area contributed by atoms with Crippen molar-refractivity contribution in [1.82, 2.24) is 0 Å². The van der Waals surface area contributed by atoms with E-state index < -0.39 is 5.97 Å². The van der Waals surface area contributed by atoms with Crippen molar-refractivity contribution >= 4 is 29.3 Å². The number of nitrogens with zero attached hydrogens (tertiary/aromatic N) is 2. The lowest BCUT2D eigenvalue weighted by Crippen LogP contribution is -2.35. The Morgan fingerprint density at radius 2 is 1.79 bits per heavy atom. The second kappa shape index (κ2) is 10.5. The molecule has 0 aromatic heterocycles. The molecule has 0 saturated heterocycles. The van der Waals surface area contributed by atoms with Gasteiger partial charge in [0.25, 0.3) is 5.91 Å². The van der Waals surface area contributed by atoms with Crippen LogP contribution in [0.4, 0.5) is 5.69 Å². The number of aryl methyl sites for hydroxylation is 3. The number of benzene rings is 2. The Morgan fingerprint density at radius 1 is 1.11 bits per heavy atom. The quantitative estimate of drug-likeness (QED) is 0.494. The Kier molecular flexibility index (Phi) is 8.09. The molecule has 0 heterocycles. The van der Waals surface area contributed by atoms with E-state index in [1.165, 1.54) is 16.7 Å². The van der Waals surface area contributed by atoms with Crippen LogP contribution in [-0.4, -0.2) is 30.8 Å². The maximum atomic E-state index is 12.6. The van der Waals surface area contributed by atoms with Crippen LogP contribution in [0.15, 0.2) is 47.4 Å². The summed E-state index contributed by atoms with van der Waals surface area (Å²) in [6.07, 6.45) is 0.204. The molecule has 1 amide bonds. The molecule has 5 nitrogen and oxygen atoms in total. The highest BCUT2D eigenvalue weighted by molar-refractivity contribution is 8.00. The van der Waals surface area contributed by atoms with E-state index in [-0.39, 0.29) is 31.2 Å². The van der Waals surface area contributed by atoms with Crippen molar-refractivity contribution in [3.05, 3.63) is 59.2 Å². The summed E-state index contributed by atoms with van der Waals surface area (Å²) in [5.74, 6) is -0.642. The van der Waals surface area contributed by atoms with Crippen LogP contribution in [0, 0.1) is 32.1 Å². The Hall–Kier alpha value is -2.78. The van der Waals surface area contributed by atoms with Crippen LogP contribution in [0.25, 0.3) is 0 Å². The van der Waals surface area contributed by atoms with Crippen molar-refractivity contribution in [1.29, 1.82) is 5.26 Å². The number of esters is 1. The molecule has 6 heteroatoms. The molecule has 0 unspecified atom stereocenters. The van der Waals surface area contributed by atoms with E-state index in [0.29, 0.717) is 5.69 Å². The molecule has 0 aliphatic rings. The Balaban J connectivity index is 1.96. The number of hydrogen-bond acceptors (Lipinski definition) is 5. The lowest BCUT2D eigenvalue weighted by Gasteiger charge is -2.22. The van der Waals surface area contributed by atoms with Crippen LogP contribution in [0.3, 0.4) is 0 Å². The molecule has 0 saturated carbocycles. The molecule has 0 radical (unpaired) electrons. The van der Waals surface area contributed by atoms with Gasteiger partial charge in [0.05, 0.1) is 18.2 Å². The fourth-order valence-electron chi connectivity index (χ4n) is 2.78. The number of amides is 1. The summed E-state index contributed by atoms with van der Waals surface area (Å²) < 4.78 is 5.17. The minimum Gasteiger partial charge on any atom is -0.455 e. The normalized spacial score (nSPS) is 10.2. The number of carbonyl (C=O) groups is 2. The minimum atomic E-state index is -0.442. The van der Waals surface area contributed by atoms with Crippen molar-refractivity contribution in [2.45, 2.75) is 32.1 Å². The van der Waals surface area contributed by atoms with E-state index in [0.717, 1.165) is 21.6 Å². The maximum absolute atomic E-state index is 12.6. The smallest absolute Gasteiger partial charge is 0.316 e. The Bertz CT molecular complexity index is 869. The second-order valence-corrected chi connectivity index (χ2v) is 7.53. The number of carbonyl (C=O) groups excluding carboxylic acids is 2. The topological polar surface area (TPSA) is 70.4 Å². The summed E-state index contributed by atoms with van der Waals surface area (Å²) in [4.78, 5) is 27.2. The fourth-order valence-corrected chi connectivity index (χ4v) is 3.61. The molecule has 28 heavy (non-hydrogen) atoms.